The first-order valence-electron chi connectivity index (χ1n) is 9.63. The van der Waals surface area contributed by atoms with Gasteiger partial charge in [0.1, 0.15) is 0 Å². The molecule has 3 aromatic rings. The normalized spacial score (nSPS) is 13.1. The van der Waals surface area contributed by atoms with Crippen LogP contribution in [0.1, 0.15) is 23.9 Å². The first-order chi connectivity index (χ1) is 14.5. The van der Waals surface area contributed by atoms with Gasteiger partial charge in [-0.05, 0) is 24.6 Å². The number of carboxylic acids is 1. The molecule has 0 saturated heterocycles. The summed E-state index contributed by atoms with van der Waals surface area (Å²) in [6.07, 6.45) is 0.682. The third kappa shape index (κ3) is 6.00. The summed E-state index contributed by atoms with van der Waals surface area (Å²) in [5, 5.41) is 12.7. The maximum atomic E-state index is 13.2. The van der Waals surface area contributed by atoms with Crippen LogP contribution in [0.3, 0.4) is 0 Å². The molecule has 1 unspecified atom stereocenters. The van der Waals surface area contributed by atoms with Gasteiger partial charge >= 0.3 is 5.97 Å². The summed E-state index contributed by atoms with van der Waals surface area (Å²) in [5.74, 6) is 0.476. The summed E-state index contributed by atoms with van der Waals surface area (Å²) in [6, 6.07) is 17.9. The molecule has 0 radical (unpaired) electrons. The van der Waals surface area contributed by atoms with Crippen LogP contribution in [0.4, 0.5) is 0 Å². The molecule has 0 bridgehead atoms. The smallest absolute Gasteiger partial charge is 0.304 e. The van der Waals surface area contributed by atoms with E-state index < -0.39 is 11.4 Å². The van der Waals surface area contributed by atoms with Gasteiger partial charge in [0, 0.05) is 24.5 Å². The molecule has 5 nitrogen and oxygen atoms in total. The molecular formula is C22H24N2O3S3. The van der Waals surface area contributed by atoms with E-state index in [-0.39, 0.29) is 12.3 Å². The van der Waals surface area contributed by atoms with Gasteiger partial charge in [0.25, 0.3) is 0 Å². The van der Waals surface area contributed by atoms with Gasteiger partial charge in [-0.1, -0.05) is 64.1 Å². The Labute approximate surface area is 188 Å². The molecule has 0 aliphatic heterocycles. The van der Waals surface area contributed by atoms with E-state index in [1.165, 1.54) is 10.8 Å². The molecule has 0 spiro atoms. The Morgan fingerprint density at radius 1 is 1.07 bits per heavy atom. The van der Waals surface area contributed by atoms with Gasteiger partial charge < -0.3 is 10.4 Å². The van der Waals surface area contributed by atoms with Gasteiger partial charge in [0.2, 0.25) is 5.91 Å². The zero-order valence-electron chi connectivity index (χ0n) is 16.7. The van der Waals surface area contributed by atoms with Gasteiger partial charge in [0.15, 0.2) is 0 Å². The van der Waals surface area contributed by atoms with E-state index in [9.17, 15) is 9.59 Å². The largest absolute Gasteiger partial charge is 0.481 e. The Kier molecular flexibility index (Phi) is 8.18. The maximum Gasteiger partial charge on any atom is 0.304 e. The van der Waals surface area contributed by atoms with Crippen molar-refractivity contribution in [1.29, 1.82) is 0 Å². The number of benzene rings is 2. The van der Waals surface area contributed by atoms with Crippen molar-refractivity contribution in [3.8, 4) is 0 Å². The number of fused-ring (bicyclic) bond motifs is 1. The third-order valence-corrected chi connectivity index (χ3v) is 8.15. The Balaban J connectivity index is 1.66. The molecule has 0 aliphatic carbocycles. The number of nitrogens with zero attached hydrogens (tertiary/aromatic N) is 1. The number of carboxylic acid groups (broad SMARTS) is 1. The fourth-order valence-electron chi connectivity index (χ4n) is 3.07. The number of hydrogen-bond acceptors (Lipinski definition) is 6. The number of rotatable bonds is 11. The minimum absolute atomic E-state index is 0.0240. The zero-order chi connectivity index (χ0) is 21.4. The number of carbonyl (C=O) groups is 2. The van der Waals surface area contributed by atoms with Crippen LogP contribution in [0.15, 0.2) is 54.6 Å². The summed E-state index contributed by atoms with van der Waals surface area (Å²) in [7, 11) is 3.10. The fourth-order valence-corrected chi connectivity index (χ4v) is 6.08. The Morgan fingerprint density at radius 2 is 1.77 bits per heavy atom. The van der Waals surface area contributed by atoms with Gasteiger partial charge in [-0.15, -0.1) is 11.3 Å². The molecule has 2 aromatic carbocycles. The van der Waals surface area contributed by atoms with E-state index in [2.05, 4.69) is 11.4 Å². The average molecular weight is 461 g/mol. The van der Waals surface area contributed by atoms with Crippen LogP contribution in [-0.2, 0) is 21.4 Å². The van der Waals surface area contributed by atoms with E-state index in [4.69, 9.17) is 10.1 Å². The summed E-state index contributed by atoms with van der Waals surface area (Å²) in [4.78, 5) is 28.5. The molecule has 158 valence electrons. The van der Waals surface area contributed by atoms with Crippen LogP contribution in [0.2, 0.25) is 0 Å². The number of para-hydroxylation sites is 1. The van der Waals surface area contributed by atoms with Gasteiger partial charge in [-0.3, -0.25) is 9.59 Å². The van der Waals surface area contributed by atoms with E-state index >= 15 is 0 Å². The Morgan fingerprint density at radius 3 is 2.50 bits per heavy atom. The van der Waals surface area contributed by atoms with Crippen molar-refractivity contribution in [3.63, 3.8) is 0 Å². The lowest BCUT2D eigenvalue weighted by Gasteiger charge is -2.28. The fraction of sp³-hybridized carbons (Fsp3) is 0.318. The van der Waals surface area contributed by atoms with Crippen LogP contribution in [-0.4, -0.2) is 40.0 Å². The second-order valence-corrected chi connectivity index (χ2v) is 10.8. The quantitative estimate of drug-likeness (QED) is 0.317. The van der Waals surface area contributed by atoms with Gasteiger partial charge in [-0.25, -0.2) is 4.98 Å². The van der Waals surface area contributed by atoms with E-state index in [0.29, 0.717) is 18.7 Å². The lowest BCUT2D eigenvalue weighted by Crippen LogP contribution is -2.44. The number of thiazole rings is 1. The van der Waals surface area contributed by atoms with Crippen molar-refractivity contribution < 1.29 is 14.7 Å². The standard InChI is InChI=1S/C22H24N2O3S3/c1-22(16-7-3-2-4-8-16,15-19-24-17-9-5-6-10-18(17)30-19)21(27)23-12-14-29-28-13-11-20(25)26/h2-10H,11-15H2,1H3,(H,23,27)(H,25,26). The first-order valence-corrected chi connectivity index (χ1v) is 12.9. The zero-order valence-corrected chi connectivity index (χ0v) is 19.1. The minimum Gasteiger partial charge on any atom is -0.481 e. The van der Waals surface area contributed by atoms with Crippen molar-refractivity contribution in [3.05, 3.63) is 65.2 Å². The van der Waals surface area contributed by atoms with E-state index in [1.54, 1.807) is 22.1 Å². The number of aromatic nitrogens is 1. The van der Waals surface area contributed by atoms with Crippen LogP contribution in [0, 0.1) is 0 Å². The highest BCUT2D eigenvalue weighted by molar-refractivity contribution is 8.76. The number of carbonyl (C=O) groups excluding carboxylic acids is 1. The highest BCUT2D eigenvalue weighted by Gasteiger charge is 2.36. The van der Waals surface area contributed by atoms with Crippen molar-refractivity contribution in [2.45, 2.75) is 25.2 Å². The topological polar surface area (TPSA) is 79.3 Å². The van der Waals surface area contributed by atoms with Crippen LogP contribution in [0.5, 0.6) is 0 Å². The monoisotopic (exact) mass is 460 g/mol. The minimum atomic E-state index is -0.787. The molecule has 1 amide bonds. The SMILES string of the molecule is CC(Cc1nc2ccccc2s1)(C(=O)NCCSSCCC(=O)O)c1ccccc1. The molecule has 2 N–H and O–H groups in total. The van der Waals surface area contributed by atoms with Crippen molar-refractivity contribution in [2.75, 3.05) is 18.1 Å². The predicted molar refractivity (Wildman–Crippen MR) is 127 cm³/mol. The first kappa shape index (κ1) is 22.7. The van der Waals surface area contributed by atoms with Crippen LogP contribution < -0.4 is 5.32 Å². The molecule has 1 atom stereocenters. The molecule has 1 aromatic heterocycles. The van der Waals surface area contributed by atoms with E-state index in [1.807, 2.05) is 55.5 Å². The number of nitrogens with one attached hydrogen (secondary N) is 1. The summed E-state index contributed by atoms with van der Waals surface area (Å²) in [5.41, 5.74) is 1.20. The second kappa shape index (κ2) is 10.8. The molecular weight excluding hydrogens is 436 g/mol. The van der Waals surface area contributed by atoms with Crippen molar-refractivity contribution in [2.24, 2.45) is 0 Å². The predicted octanol–water partition coefficient (Wildman–Crippen LogP) is 4.77. The summed E-state index contributed by atoms with van der Waals surface area (Å²) < 4.78 is 1.12. The molecule has 8 heteroatoms. The van der Waals surface area contributed by atoms with Gasteiger partial charge in [0.05, 0.1) is 27.1 Å². The highest BCUT2D eigenvalue weighted by atomic mass is 33.1. The summed E-state index contributed by atoms with van der Waals surface area (Å²) >= 11 is 1.63. The second-order valence-electron chi connectivity index (χ2n) is 6.99. The maximum absolute atomic E-state index is 13.2. The average Bonchev–Trinajstić information content (AvgIpc) is 3.15. The molecule has 30 heavy (non-hydrogen) atoms. The summed E-state index contributed by atoms with van der Waals surface area (Å²) in [6.45, 7) is 2.50. The highest BCUT2D eigenvalue weighted by Crippen LogP contribution is 2.32. The Hall–Kier alpha value is -2.03. The molecule has 1 heterocycles. The van der Waals surface area contributed by atoms with Crippen LogP contribution >= 0.6 is 32.9 Å². The molecule has 0 saturated carbocycles. The van der Waals surface area contributed by atoms with Gasteiger partial charge in [-0.2, -0.15) is 0 Å². The third-order valence-electron chi connectivity index (χ3n) is 4.71. The van der Waals surface area contributed by atoms with Crippen molar-refractivity contribution in [1.82, 2.24) is 10.3 Å². The number of aliphatic carboxylic acids is 1. The number of amides is 1. The Bertz CT molecular complexity index is 960. The van der Waals surface area contributed by atoms with Crippen LogP contribution in [0.25, 0.3) is 10.2 Å². The van der Waals surface area contributed by atoms with E-state index in [0.717, 1.165) is 26.5 Å². The lowest BCUT2D eigenvalue weighted by atomic mass is 9.78. The van der Waals surface area contributed by atoms with Crippen molar-refractivity contribution >= 4 is 55.0 Å². The lowest BCUT2D eigenvalue weighted by molar-refractivity contribution is -0.136. The number of hydrogen-bond donors (Lipinski definition) is 2. The molecule has 0 fully saturated rings. The molecule has 0 aliphatic rings. The molecule has 3 rings (SSSR count).